The van der Waals surface area contributed by atoms with Crippen LogP contribution in [0.2, 0.25) is 0 Å². The Bertz CT molecular complexity index is 1730. The second-order valence-electron chi connectivity index (χ2n) is 13.0. The molecular weight excluding hydrogens is 576 g/mol. The molecule has 0 radical (unpaired) electrons. The summed E-state index contributed by atoms with van der Waals surface area (Å²) in [4.78, 5) is 21.1. The number of unbranched alkanes of at least 4 members (excludes halogenated alkanes) is 1. The first kappa shape index (κ1) is 29.2. The van der Waals surface area contributed by atoms with E-state index >= 15 is 0 Å². The zero-order valence-corrected chi connectivity index (χ0v) is 26.5. The van der Waals surface area contributed by atoms with Crippen molar-refractivity contribution in [2.75, 3.05) is 4.72 Å². The summed E-state index contributed by atoms with van der Waals surface area (Å²) in [6.07, 6.45) is 8.15. The highest BCUT2D eigenvalue weighted by Gasteiger charge is 2.61. The largest absolute Gasteiger partial charge is 0.374 e. The zero-order chi connectivity index (χ0) is 30.6. The van der Waals surface area contributed by atoms with Gasteiger partial charge in [-0.3, -0.25) is 19.4 Å². The summed E-state index contributed by atoms with van der Waals surface area (Å²) in [5.74, 6) is 3.11. The number of ether oxygens (including phenoxy) is 1. The van der Waals surface area contributed by atoms with E-state index in [1.807, 2.05) is 29.2 Å². The number of rotatable bonds is 12. The Kier molecular flexibility index (Phi) is 7.40. The van der Waals surface area contributed by atoms with Gasteiger partial charge in [-0.2, -0.15) is 0 Å². The maximum Gasteiger partial charge on any atom is 0.263 e. The lowest BCUT2D eigenvalue weighted by Gasteiger charge is -2.24. The van der Waals surface area contributed by atoms with Crippen LogP contribution in [0.3, 0.4) is 0 Å². The third kappa shape index (κ3) is 5.47. The molecule has 4 aliphatic rings. The summed E-state index contributed by atoms with van der Waals surface area (Å²) in [6.45, 7) is 6.47. The summed E-state index contributed by atoms with van der Waals surface area (Å²) in [7, 11) is -3.99. The van der Waals surface area contributed by atoms with Crippen LogP contribution < -0.4 is 4.72 Å². The number of carbonyl (C=O) groups is 1. The predicted octanol–water partition coefficient (Wildman–Crippen LogP) is 6.54. The van der Waals surface area contributed by atoms with Gasteiger partial charge >= 0.3 is 0 Å². The zero-order valence-electron chi connectivity index (χ0n) is 25.6. The fraction of sp³-hybridized carbons (Fsp3) is 0.500. The summed E-state index contributed by atoms with van der Waals surface area (Å²) < 4.78 is 41.3. The number of aromatic nitrogens is 1. The molecule has 3 aliphatic carbocycles. The van der Waals surface area contributed by atoms with Gasteiger partial charge in [-0.15, -0.1) is 0 Å². The second kappa shape index (κ2) is 11.1. The van der Waals surface area contributed by atoms with Crippen molar-refractivity contribution in [3.63, 3.8) is 0 Å². The fourth-order valence-electron chi connectivity index (χ4n) is 6.81. The lowest BCUT2D eigenvalue weighted by Crippen LogP contribution is -2.41. The molecule has 10 heteroatoms. The molecule has 0 bridgehead atoms. The number of hydrogen-bond donors (Lipinski definition) is 1. The quantitative estimate of drug-likeness (QED) is 0.247. The SMILES string of the molecule is CCCCC1=NC2(CC3C[C@H]3C2)C(=O)N1Cc1ccc(-c2ccccc2S(=O)(=O)Nc2noc(C)c2C)c(COC2CC2)c1. The Morgan fingerprint density at radius 1 is 1.09 bits per heavy atom. The van der Waals surface area contributed by atoms with E-state index in [4.69, 9.17) is 14.3 Å². The van der Waals surface area contributed by atoms with Gasteiger partial charge in [0.2, 0.25) is 0 Å². The van der Waals surface area contributed by atoms with Crippen LogP contribution in [0.4, 0.5) is 5.82 Å². The summed E-state index contributed by atoms with van der Waals surface area (Å²) in [5, 5.41) is 3.90. The minimum Gasteiger partial charge on any atom is -0.374 e. The van der Waals surface area contributed by atoms with E-state index in [-0.39, 0.29) is 22.7 Å². The average molecular weight is 617 g/mol. The summed E-state index contributed by atoms with van der Waals surface area (Å²) in [6, 6.07) is 13.0. The number of anilines is 1. The summed E-state index contributed by atoms with van der Waals surface area (Å²) >= 11 is 0. The highest BCUT2D eigenvalue weighted by molar-refractivity contribution is 7.92. The Morgan fingerprint density at radius 3 is 2.57 bits per heavy atom. The number of amidine groups is 1. The van der Waals surface area contributed by atoms with Crippen molar-refractivity contribution >= 4 is 27.6 Å². The van der Waals surface area contributed by atoms with Crippen LogP contribution in [0.25, 0.3) is 11.1 Å². The number of hydrogen-bond acceptors (Lipinski definition) is 7. The number of sulfonamides is 1. The standard InChI is InChI=1S/C34H40N4O5S/c1-4-5-10-31-35-34(17-24-16-25(24)18-34)33(39)38(31)19-23-11-14-28(26(15-23)20-42-27-12-13-27)29-8-6-7-9-30(29)44(40,41)37-32-21(2)22(3)43-36-32/h6-9,11,14-15,24-25,27H,4-5,10,12-13,16-20H2,1-3H3,(H,36,37)/t24-,25?,34?/m0/s1. The molecule has 1 amide bonds. The van der Waals surface area contributed by atoms with Crippen LogP contribution in [-0.4, -0.2) is 41.9 Å². The third-order valence-corrected chi connectivity index (χ3v) is 11.1. The van der Waals surface area contributed by atoms with Gasteiger partial charge in [-0.25, -0.2) is 8.42 Å². The van der Waals surface area contributed by atoms with Crippen molar-refractivity contribution in [3.8, 4) is 11.1 Å². The summed E-state index contributed by atoms with van der Waals surface area (Å²) in [5.41, 5.74) is 3.31. The smallest absolute Gasteiger partial charge is 0.263 e. The molecule has 3 aromatic rings. The minimum absolute atomic E-state index is 0.144. The van der Waals surface area contributed by atoms with Crippen LogP contribution in [-0.2, 0) is 32.7 Å². The molecule has 0 saturated heterocycles. The Hall–Kier alpha value is -3.50. The first-order chi connectivity index (χ1) is 21.2. The van der Waals surface area contributed by atoms with Crippen molar-refractivity contribution in [1.82, 2.24) is 10.1 Å². The molecule has 44 heavy (non-hydrogen) atoms. The fourth-order valence-corrected chi connectivity index (χ4v) is 8.09. The highest BCUT2D eigenvalue weighted by Crippen LogP contribution is 2.59. The van der Waals surface area contributed by atoms with Gasteiger partial charge < -0.3 is 9.26 Å². The molecule has 2 aromatic carbocycles. The first-order valence-corrected chi connectivity index (χ1v) is 17.3. The second-order valence-corrected chi connectivity index (χ2v) is 14.7. The molecule has 9 nitrogen and oxygen atoms in total. The minimum atomic E-state index is -3.99. The molecule has 3 atom stereocenters. The first-order valence-electron chi connectivity index (χ1n) is 15.9. The number of benzene rings is 2. The lowest BCUT2D eigenvalue weighted by atomic mass is 9.93. The predicted molar refractivity (Wildman–Crippen MR) is 168 cm³/mol. The molecule has 232 valence electrons. The number of nitrogens with zero attached hydrogens (tertiary/aromatic N) is 3. The molecule has 3 saturated carbocycles. The normalized spacial score (nSPS) is 24.2. The third-order valence-electron chi connectivity index (χ3n) is 9.68. The van der Waals surface area contributed by atoms with Crippen LogP contribution in [0, 0.1) is 25.7 Å². The monoisotopic (exact) mass is 616 g/mol. The van der Waals surface area contributed by atoms with Crippen molar-refractivity contribution in [3.05, 3.63) is 64.9 Å². The lowest BCUT2D eigenvalue weighted by molar-refractivity contribution is -0.131. The highest BCUT2D eigenvalue weighted by atomic mass is 32.2. The van der Waals surface area contributed by atoms with Gasteiger partial charge in [0.05, 0.1) is 24.2 Å². The van der Waals surface area contributed by atoms with Crippen molar-refractivity contribution in [1.29, 1.82) is 0 Å². The van der Waals surface area contributed by atoms with Gasteiger partial charge in [-0.05, 0) is 87.0 Å². The number of carbonyl (C=O) groups excluding carboxylic acids is 1. The number of nitrogens with one attached hydrogen (secondary N) is 1. The Balaban J connectivity index is 1.21. The average Bonchev–Trinajstić information content (AvgIpc) is 3.91. The van der Waals surface area contributed by atoms with Crippen LogP contribution in [0.1, 0.15) is 80.7 Å². The van der Waals surface area contributed by atoms with Gasteiger partial charge in [0.1, 0.15) is 17.1 Å². The number of fused-ring (bicyclic) bond motifs is 1. The van der Waals surface area contributed by atoms with Crippen molar-refractivity contribution in [2.45, 2.75) is 102 Å². The van der Waals surface area contributed by atoms with E-state index in [2.05, 4.69) is 22.9 Å². The molecule has 1 aromatic heterocycles. The maximum atomic E-state index is 13.9. The molecule has 2 heterocycles. The van der Waals surface area contributed by atoms with E-state index < -0.39 is 15.6 Å². The number of aryl methyl sites for hydroxylation is 1. The molecule has 1 N–H and O–H groups in total. The van der Waals surface area contributed by atoms with Crippen molar-refractivity contribution < 1.29 is 22.5 Å². The number of aliphatic imine (C=N–C) groups is 1. The molecule has 1 aliphatic heterocycles. The molecule has 7 rings (SSSR count). The van der Waals surface area contributed by atoms with Gasteiger partial charge in [0, 0.05) is 17.5 Å². The van der Waals surface area contributed by atoms with Gasteiger partial charge in [0.25, 0.3) is 15.9 Å². The molecule has 3 fully saturated rings. The van der Waals surface area contributed by atoms with Gasteiger partial charge in [0.15, 0.2) is 5.82 Å². The van der Waals surface area contributed by atoms with Crippen LogP contribution in [0.15, 0.2) is 56.9 Å². The van der Waals surface area contributed by atoms with E-state index in [9.17, 15) is 13.2 Å². The number of amides is 1. The van der Waals surface area contributed by atoms with E-state index in [1.54, 1.807) is 26.0 Å². The van der Waals surface area contributed by atoms with Gasteiger partial charge in [-0.1, -0.05) is 54.9 Å². The van der Waals surface area contributed by atoms with E-state index in [0.717, 1.165) is 67.5 Å². The van der Waals surface area contributed by atoms with Crippen LogP contribution >= 0.6 is 0 Å². The van der Waals surface area contributed by atoms with Crippen LogP contribution in [0.5, 0.6) is 0 Å². The molecule has 1 spiro atoms. The Morgan fingerprint density at radius 2 is 1.86 bits per heavy atom. The molecule has 2 unspecified atom stereocenters. The maximum absolute atomic E-state index is 13.9. The van der Waals surface area contributed by atoms with E-state index in [1.165, 1.54) is 6.42 Å². The molecular formula is C34H40N4O5S. The topological polar surface area (TPSA) is 114 Å². The van der Waals surface area contributed by atoms with E-state index in [0.29, 0.717) is 41.9 Å². The van der Waals surface area contributed by atoms with Crippen molar-refractivity contribution in [2.24, 2.45) is 16.8 Å². The Labute approximate surface area is 259 Å².